The summed E-state index contributed by atoms with van der Waals surface area (Å²) >= 11 is 1.31. The number of rotatable bonds is 8. The fourth-order valence-electron chi connectivity index (χ4n) is 3.96. The number of nitrogens with zero attached hydrogens (tertiary/aromatic N) is 2. The number of para-hydroxylation sites is 1. The summed E-state index contributed by atoms with van der Waals surface area (Å²) in [4.78, 5) is 32.4. The molecule has 0 radical (unpaired) electrons. The minimum atomic E-state index is -0.363. The Labute approximate surface area is 230 Å². The number of hydrogen-bond donors (Lipinski definition) is 0. The highest BCUT2D eigenvalue weighted by Crippen LogP contribution is 2.36. The predicted octanol–water partition coefficient (Wildman–Crippen LogP) is 6.94. The van der Waals surface area contributed by atoms with Gasteiger partial charge >= 0.3 is 5.97 Å². The van der Waals surface area contributed by atoms with E-state index in [1.807, 2.05) is 66.7 Å². The molecule has 7 nitrogen and oxygen atoms in total. The van der Waals surface area contributed by atoms with Crippen LogP contribution in [0.15, 0.2) is 105 Å². The Balaban J connectivity index is 1.40. The van der Waals surface area contributed by atoms with Gasteiger partial charge in [0.25, 0.3) is 5.91 Å². The number of methoxy groups -OCH3 is 1. The molecule has 4 aromatic rings. The van der Waals surface area contributed by atoms with E-state index in [1.165, 1.54) is 11.8 Å². The van der Waals surface area contributed by atoms with E-state index in [-0.39, 0.29) is 11.9 Å². The standard InChI is InChI=1S/C31H26N2O5S/c1-3-37-30(35)23-13-11-22(12-14-23)27-18-17-26(38-27)19-28-29(34)33(20-21-9-15-25(36-2)16-10-21)31(39-28)32-24-7-5-4-6-8-24/h4-19H,3,20H2,1-2H3/b28-19+,32-31?. The molecule has 0 atom stereocenters. The van der Waals surface area contributed by atoms with Gasteiger partial charge in [-0.3, -0.25) is 9.69 Å². The van der Waals surface area contributed by atoms with Gasteiger partial charge < -0.3 is 13.9 Å². The number of benzene rings is 3. The number of hydrogen-bond acceptors (Lipinski definition) is 7. The number of esters is 1. The molecule has 3 aromatic carbocycles. The van der Waals surface area contributed by atoms with Crippen LogP contribution >= 0.6 is 11.8 Å². The van der Waals surface area contributed by atoms with Gasteiger partial charge in [-0.2, -0.15) is 0 Å². The van der Waals surface area contributed by atoms with Crippen molar-refractivity contribution in [2.24, 2.45) is 4.99 Å². The molecule has 0 N–H and O–H groups in total. The Morgan fingerprint density at radius 1 is 0.974 bits per heavy atom. The van der Waals surface area contributed by atoms with E-state index in [4.69, 9.17) is 18.9 Å². The second-order valence-electron chi connectivity index (χ2n) is 8.58. The summed E-state index contributed by atoms with van der Waals surface area (Å²) in [5.41, 5.74) is 3.01. The molecular formula is C31H26N2O5S. The first-order chi connectivity index (χ1) is 19.0. The maximum absolute atomic E-state index is 13.5. The maximum Gasteiger partial charge on any atom is 0.338 e. The van der Waals surface area contributed by atoms with Crippen LogP contribution in [0.2, 0.25) is 0 Å². The van der Waals surface area contributed by atoms with E-state index in [0.29, 0.717) is 40.3 Å². The SMILES string of the molecule is CCOC(=O)c1ccc(-c2ccc(/C=C3/SC(=Nc4ccccc4)N(Cc4ccc(OC)cc4)C3=O)o2)cc1. The predicted molar refractivity (Wildman–Crippen MR) is 153 cm³/mol. The Morgan fingerprint density at radius 2 is 1.72 bits per heavy atom. The van der Waals surface area contributed by atoms with Gasteiger partial charge in [0, 0.05) is 11.6 Å². The highest BCUT2D eigenvalue weighted by Gasteiger charge is 2.34. The Bertz CT molecular complexity index is 1520. The number of thioether (sulfide) groups is 1. The lowest BCUT2D eigenvalue weighted by Crippen LogP contribution is -2.28. The van der Waals surface area contributed by atoms with E-state index in [9.17, 15) is 9.59 Å². The fourth-order valence-corrected chi connectivity index (χ4v) is 4.94. The summed E-state index contributed by atoms with van der Waals surface area (Å²) in [7, 11) is 1.62. The van der Waals surface area contributed by atoms with Gasteiger partial charge in [-0.1, -0.05) is 42.5 Å². The van der Waals surface area contributed by atoms with Crippen molar-refractivity contribution in [1.29, 1.82) is 0 Å². The third kappa shape index (κ3) is 6.13. The molecule has 0 unspecified atom stereocenters. The van der Waals surface area contributed by atoms with Crippen molar-refractivity contribution in [3.05, 3.63) is 113 Å². The summed E-state index contributed by atoms with van der Waals surface area (Å²) in [6.45, 7) is 2.46. The zero-order chi connectivity index (χ0) is 27.2. The molecule has 196 valence electrons. The van der Waals surface area contributed by atoms with Crippen LogP contribution in [0.25, 0.3) is 17.4 Å². The zero-order valence-corrected chi connectivity index (χ0v) is 22.3. The zero-order valence-electron chi connectivity index (χ0n) is 21.5. The lowest BCUT2D eigenvalue weighted by molar-refractivity contribution is -0.122. The number of carbonyl (C=O) groups excluding carboxylic acids is 2. The van der Waals surface area contributed by atoms with Crippen LogP contribution < -0.4 is 4.74 Å². The van der Waals surface area contributed by atoms with Gasteiger partial charge in [-0.05, 0) is 72.8 Å². The summed E-state index contributed by atoms with van der Waals surface area (Å²) in [6, 6.07) is 27.8. The van der Waals surface area contributed by atoms with Crippen molar-refractivity contribution in [2.45, 2.75) is 13.5 Å². The van der Waals surface area contributed by atoms with E-state index in [2.05, 4.69) is 0 Å². The fraction of sp³-hybridized carbons (Fsp3) is 0.129. The van der Waals surface area contributed by atoms with Crippen molar-refractivity contribution in [1.82, 2.24) is 4.90 Å². The Morgan fingerprint density at radius 3 is 2.41 bits per heavy atom. The first-order valence-electron chi connectivity index (χ1n) is 12.4. The maximum atomic E-state index is 13.5. The minimum absolute atomic E-state index is 0.151. The molecule has 0 bridgehead atoms. The van der Waals surface area contributed by atoms with Crippen LogP contribution in [-0.2, 0) is 16.1 Å². The van der Waals surface area contributed by atoms with Gasteiger partial charge in [0.2, 0.25) is 0 Å². The molecule has 1 aliphatic heterocycles. The molecule has 0 saturated carbocycles. The Kier molecular flexibility index (Phi) is 7.94. The third-order valence-corrected chi connectivity index (χ3v) is 6.96. The molecule has 39 heavy (non-hydrogen) atoms. The van der Waals surface area contributed by atoms with E-state index < -0.39 is 0 Å². The quantitative estimate of drug-likeness (QED) is 0.179. The van der Waals surface area contributed by atoms with E-state index in [0.717, 1.165) is 22.6 Å². The van der Waals surface area contributed by atoms with Crippen molar-refractivity contribution in [2.75, 3.05) is 13.7 Å². The van der Waals surface area contributed by atoms with Gasteiger partial charge in [0.05, 0.1) is 36.4 Å². The van der Waals surface area contributed by atoms with Crippen LogP contribution in [0.4, 0.5) is 5.69 Å². The molecule has 1 amide bonds. The van der Waals surface area contributed by atoms with Crippen molar-refractivity contribution in [3.63, 3.8) is 0 Å². The number of furan rings is 1. The van der Waals surface area contributed by atoms with Crippen LogP contribution in [0.3, 0.4) is 0 Å². The molecule has 5 rings (SSSR count). The second-order valence-corrected chi connectivity index (χ2v) is 9.59. The molecular weight excluding hydrogens is 512 g/mol. The second kappa shape index (κ2) is 11.9. The average Bonchev–Trinajstić information content (AvgIpc) is 3.55. The number of amides is 1. The monoisotopic (exact) mass is 538 g/mol. The molecule has 1 saturated heterocycles. The molecule has 2 heterocycles. The molecule has 0 spiro atoms. The van der Waals surface area contributed by atoms with Gasteiger partial charge in [-0.15, -0.1) is 0 Å². The van der Waals surface area contributed by atoms with Crippen LogP contribution in [0, 0.1) is 0 Å². The van der Waals surface area contributed by atoms with Gasteiger partial charge in [0.1, 0.15) is 17.3 Å². The Hall–Kier alpha value is -4.56. The number of ether oxygens (including phenoxy) is 2. The molecule has 1 aromatic heterocycles. The first kappa shape index (κ1) is 26.1. The van der Waals surface area contributed by atoms with Crippen molar-refractivity contribution in [3.8, 4) is 17.1 Å². The average molecular weight is 539 g/mol. The van der Waals surface area contributed by atoms with Crippen LogP contribution in [0.5, 0.6) is 5.75 Å². The van der Waals surface area contributed by atoms with E-state index in [1.54, 1.807) is 49.3 Å². The molecule has 1 aliphatic rings. The summed E-state index contributed by atoms with van der Waals surface area (Å²) in [6.07, 6.45) is 1.73. The summed E-state index contributed by atoms with van der Waals surface area (Å²) in [5.74, 6) is 1.41. The number of carbonyl (C=O) groups is 2. The lowest BCUT2D eigenvalue weighted by atomic mass is 10.1. The molecule has 1 fully saturated rings. The van der Waals surface area contributed by atoms with Gasteiger partial charge in [-0.25, -0.2) is 9.79 Å². The minimum Gasteiger partial charge on any atom is -0.497 e. The highest BCUT2D eigenvalue weighted by molar-refractivity contribution is 8.18. The third-order valence-electron chi connectivity index (χ3n) is 5.95. The topological polar surface area (TPSA) is 81.3 Å². The van der Waals surface area contributed by atoms with E-state index >= 15 is 0 Å². The normalized spacial score (nSPS) is 15.2. The molecule has 8 heteroatoms. The summed E-state index contributed by atoms with van der Waals surface area (Å²) < 4.78 is 16.3. The smallest absolute Gasteiger partial charge is 0.338 e. The number of amidine groups is 1. The van der Waals surface area contributed by atoms with Crippen molar-refractivity contribution >= 4 is 40.6 Å². The van der Waals surface area contributed by atoms with Gasteiger partial charge in [0.15, 0.2) is 5.17 Å². The largest absolute Gasteiger partial charge is 0.497 e. The van der Waals surface area contributed by atoms with Crippen molar-refractivity contribution < 1.29 is 23.5 Å². The first-order valence-corrected chi connectivity index (χ1v) is 13.2. The van der Waals surface area contributed by atoms with Crippen LogP contribution in [-0.4, -0.2) is 35.7 Å². The lowest BCUT2D eigenvalue weighted by Gasteiger charge is -2.16. The highest BCUT2D eigenvalue weighted by atomic mass is 32.2. The molecule has 0 aliphatic carbocycles. The van der Waals surface area contributed by atoms with Crippen LogP contribution in [0.1, 0.15) is 28.6 Å². The summed E-state index contributed by atoms with van der Waals surface area (Å²) in [5, 5.41) is 0.592. The number of aliphatic imine (C=N–C) groups is 1.